The monoisotopic (exact) mass is 255 g/mol. The van der Waals surface area contributed by atoms with Crippen LogP contribution in [0.5, 0.6) is 11.5 Å². The van der Waals surface area contributed by atoms with Crippen LogP contribution in [0.1, 0.15) is 24.3 Å². The Morgan fingerprint density at radius 2 is 2.12 bits per heavy atom. The molecule has 0 spiro atoms. The van der Waals surface area contributed by atoms with Gasteiger partial charge < -0.3 is 14.8 Å². The number of piperidine rings is 1. The SMILES string of the molecule is COc1cc(Cl)cc(C2CCCNC2)c1OC. The van der Waals surface area contributed by atoms with Crippen molar-refractivity contribution in [3.8, 4) is 11.5 Å². The predicted molar refractivity (Wildman–Crippen MR) is 69.4 cm³/mol. The van der Waals surface area contributed by atoms with Crippen LogP contribution in [0, 0.1) is 0 Å². The fraction of sp³-hybridized carbons (Fsp3) is 0.538. The maximum absolute atomic E-state index is 6.12. The number of ether oxygens (including phenoxy) is 2. The number of hydrogen-bond donors (Lipinski definition) is 1. The Bertz CT molecular complexity index is 389. The summed E-state index contributed by atoms with van der Waals surface area (Å²) in [5.74, 6) is 1.97. The summed E-state index contributed by atoms with van der Waals surface area (Å²) in [4.78, 5) is 0. The van der Waals surface area contributed by atoms with Crippen molar-refractivity contribution in [2.75, 3.05) is 27.3 Å². The molecule has 1 unspecified atom stereocenters. The van der Waals surface area contributed by atoms with Crippen LogP contribution in [0.3, 0.4) is 0 Å². The van der Waals surface area contributed by atoms with Gasteiger partial charge in [-0.15, -0.1) is 0 Å². The minimum absolute atomic E-state index is 0.450. The first kappa shape index (κ1) is 12.5. The summed E-state index contributed by atoms with van der Waals surface area (Å²) in [6.45, 7) is 2.07. The normalized spacial score (nSPS) is 20.1. The smallest absolute Gasteiger partial charge is 0.164 e. The zero-order valence-corrected chi connectivity index (χ0v) is 11.0. The van der Waals surface area contributed by atoms with Crippen LogP contribution in [0.15, 0.2) is 12.1 Å². The molecule has 0 saturated carbocycles. The lowest BCUT2D eigenvalue weighted by molar-refractivity contribution is 0.345. The zero-order valence-electron chi connectivity index (χ0n) is 10.3. The van der Waals surface area contributed by atoms with Crippen molar-refractivity contribution >= 4 is 11.6 Å². The highest BCUT2D eigenvalue weighted by atomic mass is 35.5. The van der Waals surface area contributed by atoms with E-state index in [1.54, 1.807) is 20.3 Å². The van der Waals surface area contributed by atoms with Gasteiger partial charge >= 0.3 is 0 Å². The van der Waals surface area contributed by atoms with Crippen LogP contribution in [-0.4, -0.2) is 27.3 Å². The van der Waals surface area contributed by atoms with E-state index in [0.717, 1.165) is 30.8 Å². The number of nitrogens with one attached hydrogen (secondary N) is 1. The first-order valence-electron chi connectivity index (χ1n) is 5.88. The first-order valence-corrected chi connectivity index (χ1v) is 6.26. The largest absolute Gasteiger partial charge is 0.493 e. The Kier molecular flexibility index (Phi) is 4.13. The van der Waals surface area contributed by atoms with Crippen molar-refractivity contribution in [2.24, 2.45) is 0 Å². The number of rotatable bonds is 3. The lowest BCUT2D eigenvalue weighted by Crippen LogP contribution is -2.28. The molecule has 1 heterocycles. The van der Waals surface area contributed by atoms with Gasteiger partial charge in [-0.25, -0.2) is 0 Å². The molecule has 1 aliphatic heterocycles. The van der Waals surface area contributed by atoms with Crippen LogP contribution in [-0.2, 0) is 0 Å². The molecule has 94 valence electrons. The molecule has 1 N–H and O–H groups in total. The first-order chi connectivity index (χ1) is 8.26. The lowest BCUT2D eigenvalue weighted by atomic mass is 9.91. The standard InChI is InChI=1S/C13H18ClNO2/c1-16-12-7-10(14)6-11(13(12)17-2)9-4-3-5-15-8-9/h6-7,9,15H,3-5,8H2,1-2H3. The molecule has 4 heteroatoms. The maximum Gasteiger partial charge on any atom is 0.164 e. The third-order valence-electron chi connectivity index (χ3n) is 3.21. The molecule has 1 aromatic carbocycles. The van der Waals surface area contributed by atoms with E-state index in [1.165, 1.54) is 6.42 Å². The maximum atomic E-state index is 6.12. The summed E-state index contributed by atoms with van der Waals surface area (Å²) in [5, 5.41) is 4.10. The third kappa shape index (κ3) is 2.67. The molecule has 17 heavy (non-hydrogen) atoms. The van der Waals surface area contributed by atoms with Gasteiger partial charge in [-0.1, -0.05) is 11.6 Å². The summed E-state index contributed by atoms with van der Waals surface area (Å²) >= 11 is 6.12. The van der Waals surface area contributed by atoms with E-state index in [-0.39, 0.29) is 0 Å². The Balaban J connectivity index is 2.39. The third-order valence-corrected chi connectivity index (χ3v) is 3.43. The molecular formula is C13H18ClNO2. The molecule has 1 saturated heterocycles. The Hall–Kier alpha value is -0.930. The van der Waals surface area contributed by atoms with E-state index in [1.807, 2.05) is 6.07 Å². The number of benzene rings is 1. The summed E-state index contributed by atoms with van der Waals surface area (Å²) in [6.07, 6.45) is 2.34. The Labute approximate surface area is 107 Å². The second-order valence-electron chi connectivity index (χ2n) is 4.27. The molecule has 0 aromatic heterocycles. The van der Waals surface area contributed by atoms with E-state index >= 15 is 0 Å². The van der Waals surface area contributed by atoms with E-state index < -0.39 is 0 Å². The van der Waals surface area contributed by atoms with Crippen molar-refractivity contribution in [1.82, 2.24) is 5.32 Å². The molecule has 0 aliphatic carbocycles. The zero-order chi connectivity index (χ0) is 12.3. The van der Waals surface area contributed by atoms with Gasteiger partial charge in [-0.2, -0.15) is 0 Å². The average molecular weight is 256 g/mol. The molecule has 0 bridgehead atoms. The lowest BCUT2D eigenvalue weighted by Gasteiger charge is -2.25. The van der Waals surface area contributed by atoms with Crippen molar-refractivity contribution in [2.45, 2.75) is 18.8 Å². The van der Waals surface area contributed by atoms with Gasteiger partial charge in [-0.3, -0.25) is 0 Å². The second-order valence-corrected chi connectivity index (χ2v) is 4.71. The van der Waals surface area contributed by atoms with Gasteiger partial charge in [0.2, 0.25) is 0 Å². The van der Waals surface area contributed by atoms with Crippen molar-refractivity contribution in [3.63, 3.8) is 0 Å². The molecule has 1 aromatic rings. The van der Waals surface area contributed by atoms with Gasteiger partial charge in [-0.05, 0) is 25.5 Å². The van der Waals surface area contributed by atoms with E-state index in [0.29, 0.717) is 16.7 Å². The molecule has 1 atom stereocenters. The second kappa shape index (κ2) is 5.61. The van der Waals surface area contributed by atoms with E-state index in [2.05, 4.69) is 5.32 Å². The highest BCUT2D eigenvalue weighted by molar-refractivity contribution is 6.30. The van der Waals surface area contributed by atoms with Gasteiger partial charge in [0.15, 0.2) is 11.5 Å². The van der Waals surface area contributed by atoms with Gasteiger partial charge in [0.05, 0.1) is 14.2 Å². The van der Waals surface area contributed by atoms with E-state index in [9.17, 15) is 0 Å². The van der Waals surface area contributed by atoms with Gasteiger partial charge in [0, 0.05) is 29.1 Å². The minimum atomic E-state index is 0.450. The van der Waals surface area contributed by atoms with Crippen LogP contribution in [0.4, 0.5) is 0 Å². The molecule has 1 aliphatic rings. The molecule has 3 nitrogen and oxygen atoms in total. The van der Waals surface area contributed by atoms with Crippen LogP contribution < -0.4 is 14.8 Å². The number of methoxy groups -OCH3 is 2. The molecule has 0 amide bonds. The minimum Gasteiger partial charge on any atom is -0.493 e. The fourth-order valence-electron chi connectivity index (χ4n) is 2.38. The quantitative estimate of drug-likeness (QED) is 0.901. The van der Waals surface area contributed by atoms with Crippen molar-refractivity contribution in [3.05, 3.63) is 22.7 Å². The molecule has 0 radical (unpaired) electrons. The molecule has 2 rings (SSSR count). The van der Waals surface area contributed by atoms with Gasteiger partial charge in [0.25, 0.3) is 0 Å². The number of halogens is 1. The molecule has 1 fully saturated rings. The highest BCUT2D eigenvalue weighted by Crippen LogP contribution is 2.40. The summed E-state index contributed by atoms with van der Waals surface area (Å²) in [7, 11) is 3.31. The Morgan fingerprint density at radius 1 is 1.29 bits per heavy atom. The van der Waals surface area contributed by atoms with E-state index in [4.69, 9.17) is 21.1 Å². The summed E-state index contributed by atoms with van der Waals surface area (Å²) in [6, 6.07) is 3.78. The fourth-order valence-corrected chi connectivity index (χ4v) is 2.60. The average Bonchev–Trinajstić information content (AvgIpc) is 2.38. The summed E-state index contributed by atoms with van der Waals surface area (Å²) in [5.41, 5.74) is 1.14. The highest BCUT2D eigenvalue weighted by Gasteiger charge is 2.22. The van der Waals surface area contributed by atoms with Gasteiger partial charge in [0.1, 0.15) is 0 Å². The van der Waals surface area contributed by atoms with Crippen molar-refractivity contribution < 1.29 is 9.47 Å². The van der Waals surface area contributed by atoms with Crippen molar-refractivity contribution in [1.29, 1.82) is 0 Å². The molecular weight excluding hydrogens is 238 g/mol. The topological polar surface area (TPSA) is 30.5 Å². The van der Waals surface area contributed by atoms with Crippen LogP contribution >= 0.6 is 11.6 Å². The predicted octanol–water partition coefficient (Wildman–Crippen LogP) is 2.82. The van der Waals surface area contributed by atoms with Crippen LogP contribution in [0.2, 0.25) is 5.02 Å². The number of hydrogen-bond acceptors (Lipinski definition) is 3. The summed E-state index contributed by atoms with van der Waals surface area (Å²) < 4.78 is 10.8. The Morgan fingerprint density at radius 3 is 2.71 bits per heavy atom. The van der Waals surface area contributed by atoms with Crippen LogP contribution in [0.25, 0.3) is 0 Å².